The van der Waals surface area contributed by atoms with Crippen LogP contribution >= 0.6 is 0 Å². The fraction of sp³-hybridized carbons (Fsp3) is 0.381. The molecule has 1 N–H and O–H groups in total. The van der Waals surface area contributed by atoms with Crippen molar-refractivity contribution >= 4 is 34.8 Å². The number of morpholine rings is 1. The predicted molar refractivity (Wildman–Crippen MR) is 107 cm³/mol. The van der Waals surface area contributed by atoms with Gasteiger partial charge >= 0.3 is 0 Å². The van der Waals surface area contributed by atoms with Crippen LogP contribution in [0.2, 0.25) is 0 Å². The number of guanidine groups is 1. The van der Waals surface area contributed by atoms with E-state index in [2.05, 4.69) is 15.0 Å². The number of Topliss-reactive ketones (excluding diaryl/α,β-unsaturated/α-hetero) is 1. The highest BCUT2D eigenvalue weighted by Crippen LogP contribution is 2.39. The summed E-state index contributed by atoms with van der Waals surface area (Å²) >= 11 is 0. The van der Waals surface area contributed by atoms with Crippen LogP contribution in [-0.4, -0.2) is 65.5 Å². The lowest BCUT2D eigenvalue weighted by atomic mass is 9.77. The first-order valence-corrected chi connectivity index (χ1v) is 9.80. The number of amides is 1. The highest BCUT2D eigenvalue weighted by Gasteiger charge is 2.42. The molecule has 1 aromatic rings. The minimum Gasteiger partial charge on any atom is -0.508 e. The number of benzene rings is 1. The Morgan fingerprint density at radius 2 is 1.90 bits per heavy atom. The SMILES string of the molecule is O=C1CCCC2=NC3=NC(N4CCOCC4)=NC(=O)C3C(c3cccc(O)c3)=C12. The number of carbonyl (C=O) groups is 2. The largest absolute Gasteiger partial charge is 0.508 e. The van der Waals surface area contributed by atoms with Gasteiger partial charge < -0.3 is 14.7 Å². The minimum atomic E-state index is -0.831. The van der Waals surface area contributed by atoms with E-state index in [1.807, 2.05) is 4.90 Å². The number of carbonyl (C=O) groups excluding carboxylic acids is 2. The maximum Gasteiger partial charge on any atom is 0.264 e. The van der Waals surface area contributed by atoms with Crippen LogP contribution in [-0.2, 0) is 14.3 Å². The second-order valence-corrected chi connectivity index (χ2v) is 7.43. The first-order valence-electron chi connectivity index (χ1n) is 9.80. The zero-order valence-electron chi connectivity index (χ0n) is 15.8. The van der Waals surface area contributed by atoms with E-state index in [-0.39, 0.29) is 17.4 Å². The van der Waals surface area contributed by atoms with Gasteiger partial charge in [0.2, 0.25) is 5.96 Å². The maximum atomic E-state index is 13.1. The zero-order chi connectivity index (χ0) is 20.0. The van der Waals surface area contributed by atoms with E-state index in [4.69, 9.17) is 4.74 Å². The number of hydrogen-bond acceptors (Lipinski definition) is 7. The molecule has 3 aliphatic heterocycles. The van der Waals surface area contributed by atoms with Crippen molar-refractivity contribution in [2.45, 2.75) is 19.3 Å². The van der Waals surface area contributed by atoms with E-state index in [1.54, 1.807) is 24.3 Å². The molecule has 1 saturated heterocycles. The summed E-state index contributed by atoms with van der Waals surface area (Å²) in [5, 5.41) is 9.98. The number of fused-ring (bicyclic) bond motifs is 2. The summed E-state index contributed by atoms with van der Waals surface area (Å²) in [6, 6.07) is 6.61. The standard InChI is InChI=1S/C21H20N4O4/c26-13-4-1-3-12(11-13)16-17-14(5-2-6-15(17)27)22-19-18(16)20(28)24-21(23-19)25-7-9-29-10-8-25/h1,3-4,11,18,26H,2,5-10H2. The van der Waals surface area contributed by atoms with Crippen molar-refractivity contribution < 1.29 is 19.4 Å². The van der Waals surface area contributed by atoms with Crippen molar-refractivity contribution in [3.05, 3.63) is 35.4 Å². The van der Waals surface area contributed by atoms with Gasteiger partial charge in [-0.25, -0.2) is 4.99 Å². The number of nitrogens with zero attached hydrogens (tertiary/aromatic N) is 4. The number of dihydropyridines is 1. The van der Waals surface area contributed by atoms with Crippen LogP contribution in [0.3, 0.4) is 0 Å². The Kier molecular flexibility index (Phi) is 4.35. The lowest BCUT2D eigenvalue weighted by Gasteiger charge is -2.33. The fourth-order valence-corrected chi connectivity index (χ4v) is 4.22. The Labute approximate surface area is 167 Å². The molecular formula is C21H20N4O4. The molecule has 0 aromatic heterocycles. The van der Waals surface area contributed by atoms with E-state index in [1.165, 1.54) is 0 Å². The van der Waals surface area contributed by atoms with E-state index in [9.17, 15) is 14.7 Å². The van der Waals surface area contributed by atoms with Gasteiger partial charge in [0.1, 0.15) is 17.5 Å². The summed E-state index contributed by atoms with van der Waals surface area (Å²) in [6.07, 6.45) is 1.81. The molecule has 0 radical (unpaired) electrons. The second-order valence-electron chi connectivity index (χ2n) is 7.43. The number of ketones is 1. The van der Waals surface area contributed by atoms with Crippen molar-refractivity contribution in [3.8, 4) is 5.75 Å². The number of hydrogen-bond donors (Lipinski definition) is 1. The Morgan fingerprint density at radius 3 is 2.69 bits per heavy atom. The molecule has 8 nitrogen and oxygen atoms in total. The van der Waals surface area contributed by atoms with E-state index < -0.39 is 5.92 Å². The molecule has 5 rings (SSSR count). The monoisotopic (exact) mass is 392 g/mol. The summed E-state index contributed by atoms with van der Waals surface area (Å²) in [5.74, 6) is -0.441. The second kappa shape index (κ2) is 7.04. The Bertz CT molecular complexity index is 1030. The maximum absolute atomic E-state index is 13.1. The number of ether oxygens (including phenoxy) is 1. The van der Waals surface area contributed by atoms with E-state index in [0.29, 0.717) is 73.4 Å². The van der Waals surface area contributed by atoms with Gasteiger partial charge in [-0.15, -0.1) is 0 Å². The average Bonchev–Trinajstić information content (AvgIpc) is 2.73. The first-order chi connectivity index (χ1) is 14.1. The van der Waals surface area contributed by atoms with Gasteiger partial charge in [-0.1, -0.05) is 12.1 Å². The molecular weight excluding hydrogens is 372 g/mol. The number of amidine groups is 1. The number of rotatable bonds is 1. The summed E-state index contributed by atoms with van der Waals surface area (Å²) in [4.78, 5) is 41.3. The van der Waals surface area contributed by atoms with E-state index >= 15 is 0 Å². The molecule has 2 fully saturated rings. The third-order valence-corrected chi connectivity index (χ3v) is 5.57. The number of phenols is 1. The lowest BCUT2D eigenvalue weighted by molar-refractivity contribution is -0.118. The molecule has 1 unspecified atom stereocenters. The van der Waals surface area contributed by atoms with E-state index in [0.717, 1.165) is 6.42 Å². The zero-order valence-corrected chi connectivity index (χ0v) is 15.8. The number of phenolic OH excluding ortho intramolecular Hbond substituents is 1. The van der Waals surface area contributed by atoms with Gasteiger partial charge in [-0.3, -0.25) is 9.59 Å². The van der Waals surface area contributed by atoms with Gasteiger partial charge in [0.25, 0.3) is 5.91 Å². The van der Waals surface area contributed by atoms with Crippen LogP contribution < -0.4 is 0 Å². The molecule has 1 amide bonds. The average molecular weight is 392 g/mol. The summed E-state index contributed by atoms with van der Waals surface area (Å²) in [5.41, 5.74) is 2.35. The molecule has 1 atom stereocenters. The van der Waals surface area contributed by atoms with Crippen molar-refractivity contribution in [3.63, 3.8) is 0 Å². The summed E-state index contributed by atoms with van der Waals surface area (Å²) < 4.78 is 5.37. The quantitative estimate of drug-likeness (QED) is 0.782. The van der Waals surface area contributed by atoms with Crippen LogP contribution in [0.15, 0.2) is 44.8 Å². The van der Waals surface area contributed by atoms with Crippen LogP contribution in [0, 0.1) is 5.92 Å². The first kappa shape index (κ1) is 17.9. The van der Waals surface area contributed by atoms with Crippen molar-refractivity contribution in [1.82, 2.24) is 4.90 Å². The Hall–Kier alpha value is -3.13. The highest BCUT2D eigenvalue weighted by molar-refractivity contribution is 6.37. The molecule has 1 saturated carbocycles. The van der Waals surface area contributed by atoms with Crippen LogP contribution in [0.5, 0.6) is 5.75 Å². The molecule has 1 aliphatic carbocycles. The molecule has 0 bridgehead atoms. The van der Waals surface area contributed by atoms with Gasteiger partial charge in [0, 0.05) is 25.1 Å². The Morgan fingerprint density at radius 1 is 1.07 bits per heavy atom. The Balaban J connectivity index is 1.64. The fourth-order valence-electron chi connectivity index (χ4n) is 4.22. The van der Waals surface area contributed by atoms with Crippen LogP contribution in [0.25, 0.3) is 5.57 Å². The van der Waals surface area contributed by atoms with Gasteiger partial charge in [0.05, 0.1) is 18.9 Å². The van der Waals surface area contributed by atoms with Crippen LogP contribution in [0.4, 0.5) is 0 Å². The summed E-state index contributed by atoms with van der Waals surface area (Å²) in [7, 11) is 0. The smallest absolute Gasteiger partial charge is 0.264 e. The molecule has 148 valence electrons. The predicted octanol–water partition coefficient (Wildman–Crippen LogP) is 1.60. The van der Waals surface area contributed by atoms with Crippen molar-refractivity contribution in [2.24, 2.45) is 20.9 Å². The lowest BCUT2D eigenvalue weighted by Crippen LogP contribution is -2.44. The third kappa shape index (κ3) is 3.09. The van der Waals surface area contributed by atoms with Gasteiger partial charge in [-0.05, 0) is 36.1 Å². The number of aliphatic imine (C=N–C) groups is 3. The normalized spacial score (nSPS) is 24.5. The highest BCUT2D eigenvalue weighted by atomic mass is 16.5. The number of aromatic hydroxyl groups is 1. The van der Waals surface area contributed by atoms with Crippen LogP contribution in [0.1, 0.15) is 24.8 Å². The summed E-state index contributed by atoms with van der Waals surface area (Å²) in [6.45, 7) is 2.35. The minimum absolute atomic E-state index is 0.0249. The molecule has 8 heteroatoms. The van der Waals surface area contributed by atoms with Crippen molar-refractivity contribution in [2.75, 3.05) is 26.3 Å². The molecule has 29 heavy (non-hydrogen) atoms. The van der Waals surface area contributed by atoms with Crippen molar-refractivity contribution in [1.29, 1.82) is 0 Å². The molecule has 1 aromatic carbocycles. The third-order valence-electron chi connectivity index (χ3n) is 5.57. The van der Waals surface area contributed by atoms with Gasteiger partial charge in [-0.2, -0.15) is 9.98 Å². The molecule has 3 heterocycles. The molecule has 0 spiro atoms. The number of allylic oxidation sites excluding steroid dienone is 1. The topological polar surface area (TPSA) is 104 Å². The van der Waals surface area contributed by atoms with Gasteiger partial charge in [0.15, 0.2) is 5.78 Å². The molecule has 4 aliphatic rings.